The summed E-state index contributed by atoms with van der Waals surface area (Å²) < 4.78 is 8.27. The Hall–Kier alpha value is -4.40. The van der Waals surface area contributed by atoms with Crippen molar-refractivity contribution in [2.24, 2.45) is 7.05 Å². The number of benzene rings is 1. The van der Waals surface area contributed by atoms with Crippen molar-refractivity contribution in [3.8, 4) is 17.0 Å². The predicted octanol–water partition coefficient (Wildman–Crippen LogP) is 2.09. The lowest BCUT2D eigenvalue weighted by Gasteiger charge is -2.08. The van der Waals surface area contributed by atoms with Crippen molar-refractivity contribution in [2.75, 3.05) is 13.2 Å². The molecular formula is C24H23N5O4. The minimum Gasteiger partial charge on any atom is -0.492 e. The fourth-order valence-electron chi connectivity index (χ4n) is 3.49. The third-order valence-corrected chi connectivity index (χ3v) is 5.19. The summed E-state index contributed by atoms with van der Waals surface area (Å²) in [6.07, 6.45) is 4.63. The SMILES string of the molecule is C=CCn1c(=O)c2[nH]c(-c3ccc(OCCNC(=O)c4cccnc4)cc3)cc2n(C)c1=O. The van der Waals surface area contributed by atoms with Crippen LogP contribution in [0.5, 0.6) is 5.75 Å². The van der Waals surface area contributed by atoms with E-state index in [0.29, 0.717) is 41.2 Å². The largest absolute Gasteiger partial charge is 0.492 e. The zero-order valence-electron chi connectivity index (χ0n) is 18.1. The Balaban J connectivity index is 1.44. The number of carbonyl (C=O) groups is 1. The summed E-state index contributed by atoms with van der Waals surface area (Å²) in [5.74, 6) is 0.439. The van der Waals surface area contributed by atoms with Gasteiger partial charge in [-0.25, -0.2) is 4.79 Å². The molecule has 0 saturated heterocycles. The number of aryl methyl sites for hydroxylation is 1. The fraction of sp³-hybridized carbons (Fsp3) is 0.167. The molecule has 9 nitrogen and oxygen atoms in total. The number of nitrogens with one attached hydrogen (secondary N) is 2. The Morgan fingerprint density at radius 1 is 1.24 bits per heavy atom. The van der Waals surface area contributed by atoms with Gasteiger partial charge in [0.2, 0.25) is 0 Å². The van der Waals surface area contributed by atoms with Crippen LogP contribution >= 0.6 is 0 Å². The minimum atomic E-state index is -0.391. The molecule has 33 heavy (non-hydrogen) atoms. The van der Waals surface area contributed by atoms with Crippen molar-refractivity contribution < 1.29 is 9.53 Å². The maximum absolute atomic E-state index is 12.7. The average Bonchev–Trinajstić information content (AvgIpc) is 3.30. The summed E-state index contributed by atoms with van der Waals surface area (Å²) in [4.78, 5) is 44.2. The smallest absolute Gasteiger partial charge is 0.331 e. The normalized spacial score (nSPS) is 10.8. The number of allylic oxidation sites excluding steroid dienone is 1. The van der Waals surface area contributed by atoms with Gasteiger partial charge in [0.15, 0.2) is 0 Å². The summed E-state index contributed by atoms with van der Waals surface area (Å²) in [6.45, 7) is 4.41. The molecule has 0 aliphatic carbocycles. The summed E-state index contributed by atoms with van der Waals surface area (Å²) in [5.41, 5.74) is 2.16. The van der Waals surface area contributed by atoms with E-state index >= 15 is 0 Å². The number of hydrogen-bond donors (Lipinski definition) is 2. The highest BCUT2D eigenvalue weighted by Crippen LogP contribution is 2.24. The number of H-pyrrole nitrogens is 1. The maximum Gasteiger partial charge on any atom is 0.331 e. The lowest BCUT2D eigenvalue weighted by Crippen LogP contribution is -2.38. The Kier molecular flexibility index (Phi) is 6.21. The molecule has 0 fully saturated rings. The van der Waals surface area contributed by atoms with Gasteiger partial charge in [0.25, 0.3) is 11.5 Å². The lowest BCUT2D eigenvalue weighted by molar-refractivity contribution is 0.0946. The van der Waals surface area contributed by atoms with Gasteiger partial charge in [0.1, 0.15) is 17.9 Å². The molecule has 0 unspecified atom stereocenters. The van der Waals surface area contributed by atoms with Crippen LogP contribution in [-0.4, -0.2) is 38.2 Å². The first-order chi connectivity index (χ1) is 16.0. The first-order valence-electron chi connectivity index (χ1n) is 10.3. The van der Waals surface area contributed by atoms with E-state index in [-0.39, 0.29) is 18.0 Å². The average molecular weight is 445 g/mol. The van der Waals surface area contributed by atoms with E-state index in [4.69, 9.17) is 4.74 Å². The summed E-state index contributed by atoms with van der Waals surface area (Å²) in [5, 5.41) is 2.78. The monoisotopic (exact) mass is 445 g/mol. The zero-order chi connectivity index (χ0) is 23.4. The Morgan fingerprint density at radius 3 is 2.73 bits per heavy atom. The van der Waals surface area contributed by atoms with Crippen LogP contribution in [0.1, 0.15) is 10.4 Å². The van der Waals surface area contributed by atoms with Crippen LogP contribution in [-0.2, 0) is 13.6 Å². The van der Waals surface area contributed by atoms with Crippen LogP contribution in [0.3, 0.4) is 0 Å². The molecule has 9 heteroatoms. The van der Waals surface area contributed by atoms with E-state index in [1.54, 1.807) is 43.6 Å². The number of rotatable bonds is 8. The highest BCUT2D eigenvalue weighted by Gasteiger charge is 2.14. The van der Waals surface area contributed by atoms with Crippen LogP contribution in [0.15, 0.2) is 77.1 Å². The van der Waals surface area contributed by atoms with Crippen molar-refractivity contribution in [3.63, 3.8) is 0 Å². The fourth-order valence-corrected chi connectivity index (χ4v) is 3.49. The molecule has 0 saturated carbocycles. The van der Waals surface area contributed by atoms with E-state index in [1.165, 1.54) is 16.8 Å². The van der Waals surface area contributed by atoms with E-state index in [9.17, 15) is 14.4 Å². The Morgan fingerprint density at radius 2 is 2.03 bits per heavy atom. The van der Waals surface area contributed by atoms with Crippen LogP contribution in [0.2, 0.25) is 0 Å². The molecule has 2 N–H and O–H groups in total. The lowest BCUT2D eigenvalue weighted by atomic mass is 10.1. The number of nitrogens with zero attached hydrogens (tertiary/aromatic N) is 3. The van der Waals surface area contributed by atoms with Crippen molar-refractivity contribution in [1.29, 1.82) is 0 Å². The number of pyridine rings is 1. The van der Waals surface area contributed by atoms with Crippen molar-refractivity contribution in [1.82, 2.24) is 24.4 Å². The van der Waals surface area contributed by atoms with Gasteiger partial charge in [-0.05, 0) is 48.0 Å². The predicted molar refractivity (Wildman–Crippen MR) is 125 cm³/mol. The molecule has 0 aliphatic rings. The molecular weight excluding hydrogens is 422 g/mol. The third kappa shape index (κ3) is 4.47. The van der Waals surface area contributed by atoms with Crippen LogP contribution in [0.25, 0.3) is 22.3 Å². The van der Waals surface area contributed by atoms with E-state index in [2.05, 4.69) is 21.9 Å². The van der Waals surface area contributed by atoms with Gasteiger partial charge in [-0.15, -0.1) is 6.58 Å². The summed E-state index contributed by atoms with van der Waals surface area (Å²) >= 11 is 0. The molecule has 1 amide bonds. The van der Waals surface area contributed by atoms with E-state index in [0.717, 1.165) is 10.1 Å². The molecule has 0 aliphatic heterocycles. The molecule has 0 radical (unpaired) electrons. The van der Waals surface area contributed by atoms with E-state index in [1.807, 2.05) is 12.1 Å². The molecule has 3 heterocycles. The number of ether oxygens (including phenoxy) is 1. The molecule has 0 bridgehead atoms. The standard InChI is InChI=1S/C24H23N5O4/c1-3-12-29-23(31)21-20(28(2)24(29)32)14-19(27-21)16-6-8-18(9-7-16)33-13-11-26-22(30)17-5-4-10-25-15-17/h3-10,14-15,27H,1,11-13H2,2H3,(H,26,30). The molecule has 4 rings (SSSR count). The second-order valence-corrected chi connectivity index (χ2v) is 7.36. The number of aromatic amines is 1. The highest BCUT2D eigenvalue weighted by atomic mass is 16.5. The third-order valence-electron chi connectivity index (χ3n) is 5.19. The number of amides is 1. The van der Waals surface area contributed by atoms with Crippen molar-refractivity contribution in [3.05, 3.63) is 93.9 Å². The maximum atomic E-state index is 12.7. The first-order valence-corrected chi connectivity index (χ1v) is 10.3. The zero-order valence-corrected chi connectivity index (χ0v) is 18.1. The van der Waals surface area contributed by atoms with Crippen LogP contribution < -0.4 is 21.3 Å². The van der Waals surface area contributed by atoms with Crippen molar-refractivity contribution >= 4 is 16.9 Å². The topological polar surface area (TPSA) is 111 Å². The highest BCUT2D eigenvalue weighted by molar-refractivity contribution is 5.93. The van der Waals surface area contributed by atoms with Gasteiger partial charge in [-0.3, -0.25) is 23.7 Å². The van der Waals surface area contributed by atoms with Gasteiger partial charge >= 0.3 is 5.69 Å². The minimum absolute atomic E-state index is 0.143. The van der Waals surface area contributed by atoms with Crippen LogP contribution in [0.4, 0.5) is 0 Å². The van der Waals surface area contributed by atoms with Gasteiger partial charge < -0.3 is 15.0 Å². The number of carbonyl (C=O) groups excluding carboxylic acids is 1. The molecule has 3 aromatic heterocycles. The second-order valence-electron chi connectivity index (χ2n) is 7.36. The molecule has 1 aromatic carbocycles. The van der Waals surface area contributed by atoms with Crippen LogP contribution in [0, 0.1) is 0 Å². The van der Waals surface area contributed by atoms with E-state index < -0.39 is 5.69 Å². The Labute approximate surface area is 189 Å². The molecule has 0 atom stereocenters. The number of aromatic nitrogens is 4. The second kappa shape index (κ2) is 9.39. The number of fused-ring (bicyclic) bond motifs is 1. The van der Waals surface area contributed by atoms with Gasteiger partial charge in [0.05, 0.1) is 17.6 Å². The molecule has 4 aromatic rings. The number of hydrogen-bond acceptors (Lipinski definition) is 5. The van der Waals surface area contributed by atoms with Gasteiger partial charge in [-0.2, -0.15) is 0 Å². The Bertz CT molecular complexity index is 1420. The quantitative estimate of drug-likeness (QED) is 0.319. The summed E-state index contributed by atoms with van der Waals surface area (Å²) in [6, 6.07) is 12.5. The van der Waals surface area contributed by atoms with Crippen molar-refractivity contribution in [2.45, 2.75) is 6.54 Å². The first kappa shape index (κ1) is 21.8. The molecule has 0 spiro atoms. The van der Waals surface area contributed by atoms with Gasteiger partial charge in [-0.1, -0.05) is 6.08 Å². The van der Waals surface area contributed by atoms with Gasteiger partial charge in [0, 0.05) is 31.7 Å². The summed E-state index contributed by atoms with van der Waals surface area (Å²) in [7, 11) is 1.63. The molecule has 168 valence electrons.